The Morgan fingerprint density at radius 3 is 2.26 bits per heavy atom. The number of benzene rings is 2. The molecule has 0 aliphatic heterocycles. The van der Waals surface area contributed by atoms with Gasteiger partial charge in [-0.05, 0) is 73.2 Å². The number of carboxylic acid groups (broad SMARTS) is 3. The van der Waals surface area contributed by atoms with Gasteiger partial charge >= 0.3 is 17.9 Å². The molecule has 0 saturated heterocycles. The molecule has 0 fully saturated rings. The number of fused-ring (bicyclic) bond motifs is 2. The van der Waals surface area contributed by atoms with Gasteiger partial charge in [0.05, 0.1) is 16.9 Å². The van der Waals surface area contributed by atoms with Gasteiger partial charge in [-0.25, -0.2) is 14.6 Å². The fourth-order valence-electron chi connectivity index (χ4n) is 5.30. The van der Waals surface area contributed by atoms with Crippen LogP contribution < -0.4 is 21.1 Å². The standard InChI is InChI=1S/C31H31N5O10/c1-2-36(24-10-5-17-13-23-20(14-19(17)24)29(42)35-25(15-37)32-23)18-6-3-16(4-7-18)28(41)34-22(31(45)46)8-11-26(38)33-21(30(43)44)9-12-27(39)40/h1,3-4,6-7,13-14,21-22,24,37H,5,8-12,15H2,(H,33,38)(H,34,41)(H,39,40)(H,43,44)(H,45,46)(H,32,35,42)/t21-,22+,24+/m1/s1. The molecule has 1 aromatic heterocycles. The zero-order chi connectivity index (χ0) is 33.5. The van der Waals surface area contributed by atoms with Crippen molar-refractivity contribution in [2.75, 3.05) is 4.90 Å². The molecule has 1 heterocycles. The Morgan fingerprint density at radius 1 is 1.00 bits per heavy atom. The second kappa shape index (κ2) is 14.4. The molecule has 0 saturated carbocycles. The number of carbonyl (C=O) groups excluding carboxylic acids is 2. The summed E-state index contributed by atoms with van der Waals surface area (Å²) >= 11 is 0. The molecule has 7 N–H and O–H groups in total. The van der Waals surface area contributed by atoms with Crippen molar-refractivity contribution in [3.05, 3.63) is 69.3 Å². The molecule has 15 heteroatoms. The molecule has 2 amide bonds. The number of amides is 2. The second-order valence-corrected chi connectivity index (χ2v) is 10.6. The minimum Gasteiger partial charge on any atom is -0.481 e. The molecule has 1 aliphatic carbocycles. The van der Waals surface area contributed by atoms with Gasteiger partial charge in [-0.15, -0.1) is 0 Å². The van der Waals surface area contributed by atoms with Crippen LogP contribution in [-0.2, 0) is 32.2 Å². The minimum atomic E-state index is -1.47. The van der Waals surface area contributed by atoms with Crippen LogP contribution in [0.5, 0.6) is 0 Å². The first-order valence-corrected chi connectivity index (χ1v) is 14.2. The maximum absolute atomic E-state index is 12.9. The van der Waals surface area contributed by atoms with Crippen molar-refractivity contribution in [1.82, 2.24) is 20.6 Å². The predicted molar refractivity (Wildman–Crippen MR) is 162 cm³/mol. The van der Waals surface area contributed by atoms with Crippen LogP contribution in [0.4, 0.5) is 5.69 Å². The van der Waals surface area contributed by atoms with E-state index in [4.69, 9.17) is 11.5 Å². The van der Waals surface area contributed by atoms with Crippen LogP contribution in [0.3, 0.4) is 0 Å². The average Bonchev–Trinajstić information content (AvgIpc) is 3.42. The van der Waals surface area contributed by atoms with E-state index < -0.39 is 61.3 Å². The molecule has 0 unspecified atom stereocenters. The summed E-state index contributed by atoms with van der Waals surface area (Å²) in [7, 11) is 0. The number of aryl methyl sites for hydroxylation is 1. The first-order chi connectivity index (χ1) is 21.9. The largest absolute Gasteiger partial charge is 0.481 e. The highest BCUT2D eigenvalue weighted by Crippen LogP contribution is 2.39. The maximum Gasteiger partial charge on any atom is 0.326 e. The number of aliphatic carboxylic acids is 3. The van der Waals surface area contributed by atoms with Gasteiger partial charge < -0.3 is 36.0 Å². The van der Waals surface area contributed by atoms with Gasteiger partial charge in [0.25, 0.3) is 11.5 Å². The lowest BCUT2D eigenvalue weighted by atomic mass is 10.0. The summed E-state index contributed by atoms with van der Waals surface area (Å²) in [5.41, 5.74) is 2.58. The maximum atomic E-state index is 12.9. The van der Waals surface area contributed by atoms with Crippen molar-refractivity contribution < 1.29 is 44.4 Å². The van der Waals surface area contributed by atoms with E-state index in [0.29, 0.717) is 29.4 Å². The monoisotopic (exact) mass is 633 g/mol. The van der Waals surface area contributed by atoms with E-state index in [1.807, 2.05) is 6.07 Å². The van der Waals surface area contributed by atoms with Gasteiger partial charge in [0.15, 0.2) is 0 Å². The Labute approximate surface area is 261 Å². The number of rotatable bonds is 14. The van der Waals surface area contributed by atoms with E-state index in [-0.39, 0.29) is 35.8 Å². The van der Waals surface area contributed by atoms with Crippen LogP contribution in [0.2, 0.25) is 0 Å². The molecule has 15 nitrogen and oxygen atoms in total. The van der Waals surface area contributed by atoms with Crippen molar-refractivity contribution in [1.29, 1.82) is 0 Å². The fraction of sp³-hybridized carbons (Fsp3) is 0.323. The summed E-state index contributed by atoms with van der Waals surface area (Å²) in [6.45, 7) is -0.398. The molecule has 3 aromatic rings. The lowest BCUT2D eigenvalue weighted by molar-refractivity contribution is -0.143. The van der Waals surface area contributed by atoms with E-state index in [0.717, 1.165) is 11.1 Å². The third-order valence-electron chi connectivity index (χ3n) is 7.61. The molecule has 4 rings (SSSR count). The first-order valence-electron chi connectivity index (χ1n) is 14.2. The minimum absolute atomic E-state index is 0.117. The molecule has 2 aromatic carbocycles. The Balaban J connectivity index is 1.42. The lowest BCUT2D eigenvalue weighted by Crippen LogP contribution is -2.44. The molecular weight excluding hydrogens is 602 g/mol. The average molecular weight is 634 g/mol. The number of nitrogens with one attached hydrogen (secondary N) is 3. The third-order valence-corrected chi connectivity index (χ3v) is 7.61. The SMILES string of the molecule is C#CN(c1ccc(C(=O)N[C@@H](CCC(=O)N[C@H](CCC(=O)O)C(=O)O)C(=O)O)cc1)[C@H]1CCc2cc3nc(CO)[nH]c(=O)c3cc21. The van der Waals surface area contributed by atoms with E-state index in [1.54, 1.807) is 23.1 Å². The molecule has 240 valence electrons. The van der Waals surface area contributed by atoms with Gasteiger partial charge in [-0.1, -0.05) is 6.42 Å². The van der Waals surface area contributed by atoms with Crippen molar-refractivity contribution in [2.45, 2.75) is 63.3 Å². The summed E-state index contributed by atoms with van der Waals surface area (Å²) in [6, 6.07) is 9.11. The van der Waals surface area contributed by atoms with Gasteiger partial charge in [-0.3, -0.25) is 24.1 Å². The zero-order valence-corrected chi connectivity index (χ0v) is 24.4. The smallest absolute Gasteiger partial charge is 0.326 e. The van der Waals surface area contributed by atoms with Crippen molar-refractivity contribution >= 4 is 46.3 Å². The summed E-state index contributed by atoms with van der Waals surface area (Å²) in [5.74, 6) is -5.45. The predicted octanol–water partition coefficient (Wildman–Crippen LogP) is 0.897. The van der Waals surface area contributed by atoms with Crippen LogP contribution in [0.25, 0.3) is 10.9 Å². The number of aromatic nitrogens is 2. The number of hydrogen-bond acceptors (Lipinski definition) is 9. The normalized spacial score (nSPS) is 14.8. The topological polar surface area (TPSA) is 239 Å². The molecular formula is C31H31N5O10. The highest BCUT2D eigenvalue weighted by Gasteiger charge is 2.30. The van der Waals surface area contributed by atoms with Crippen LogP contribution in [0.15, 0.2) is 41.2 Å². The molecule has 0 bridgehead atoms. The third kappa shape index (κ3) is 7.66. The van der Waals surface area contributed by atoms with Gasteiger partial charge in [0.2, 0.25) is 5.91 Å². The number of H-pyrrole nitrogens is 1. The molecule has 46 heavy (non-hydrogen) atoms. The Hall–Kier alpha value is -5.75. The van der Waals surface area contributed by atoms with E-state index in [1.165, 1.54) is 12.1 Å². The first kappa shape index (κ1) is 33.1. The van der Waals surface area contributed by atoms with E-state index in [9.17, 15) is 44.1 Å². The fourth-order valence-corrected chi connectivity index (χ4v) is 5.30. The quantitative estimate of drug-likeness (QED) is 0.0968. The molecule has 3 atom stereocenters. The van der Waals surface area contributed by atoms with Gasteiger partial charge in [0.1, 0.15) is 24.5 Å². The number of terminal acetylenes is 1. The summed E-state index contributed by atoms with van der Waals surface area (Å²) in [5, 5.41) is 41.8. The summed E-state index contributed by atoms with van der Waals surface area (Å²) < 4.78 is 0. The molecule has 1 aliphatic rings. The number of anilines is 1. The van der Waals surface area contributed by atoms with Crippen LogP contribution in [-0.4, -0.2) is 72.2 Å². The van der Waals surface area contributed by atoms with E-state index in [2.05, 4.69) is 26.6 Å². The van der Waals surface area contributed by atoms with Crippen molar-refractivity contribution in [2.24, 2.45) is 0 Å². The molecule has 0 spiro atoms. The number of carboxylic acids is 3. The summed E-state index contributed by atoms with van der Waals surface area (Å²) in [4.78, 5) is 80.0. The number of aromatic amines is 1. The number of aliphatic hydroxyl groups is 1. The van der Waals surface area contributed by atoms with E-state index >= 15 is 0 Å². The van der Waals surface area contributed by atoms with Gasteiger partial charge in [0, 0.05) is 30.1 Å². The number of carbonyl (C=O) groups is 5. The van der Waals surface area contributed by atoms with Crippen LogP contribution >= 0.6 is 0 Å². The van der Waals surface area contributed by atoms with Crippen molar-refractivity contribution in [3.8, 4) is 12.5 Å². The Morgan fingerprint density at radius 2 is 1.65 bits per heavy atom. The highest BCUT2D eigenvalue weighted by molar-refractivity contribution is 5.97. The number of nitrogens with zero attached hydrogens (tertiary/aromatic N) is 2. The number of hydrogen-bond donors (Lipinski definition) is 7. The van der Waals surface area contributed by atoms with Crippen LogP contribution in [0.1, 0.15) is 65.5 Å². The highest BCUT2D eigenvalue weighted by atomic mass is 16.4. The van der Waals surface area contributed by atoms with Crippen LogP contribution in [0, 0.1) is 12.5 Å². The summed E-state index contributed by atoms with van der Waals surface area (Å²) in [6.07, 6.45) is 5.57. The van der Waals surface area contributed by atoms with Gasteiger partial charge in [-0.2, -0.15) is 0 Å². The number of aliphatic hydroxyl groups excluding tert-OH is 1. The second-order valence-electron chi connectivity index (χ2n) is 10.6. The van der Waals surface area contributed by atoms with Crippen molar-refractivity contribution in [3.63, 3.8) is 0 Å². The lowest BCUT2D eigenvalue weighted by Gasteiger charge is -2.26. The Bertz CT molecular complexity index is 1780. The Kier molecular flexibility index (Phi) is 10.3. The molecule has 0 radical (unpaired) electrons. The zero-order valence-electron chi connectivity index (χ0n) is 24.4.